The number of hydrogen-bond acceptors (Lipinski definition) is 2. The van der Waals surface area contributed by atoms with Gasteiger partial charge in [-0.3, -0.25) is 0 Å². The molecule has 18 heavy (non-hydrogen) atoms. The molecule has 102 valence electrons. The zero-order valence-corrected chi connectivity index (χ0v) is 12.2. The minimum atomic E-state index is 0.411. The van der Waals surface area contributed by atoms with E-state index in [-0.39, 0.29) is 0 Å². The molecular weight excluding hydrogens is 222 g/mol. The van der Waals surface area contributed by atoms with Crippen LogP contribution in [0.5, 0.6) is 5.75 Å². The molecule has 2 unspecified atom stereocenters. The lowest BCUT2D eigenvalue weighted by atomic mass is 10.1. The summed E-state index contributed by atoms with van der Waals surface area (Å²) in [6, 6.07) is 8.86. The highest BCUT2D eigenvalue weighted by atomic mass is 16.5. The maximum atomic E-state index is 5.75. The second-order valence-corrected chi connectivity index (χ2v) is 5.07. The maximum Gasteiger partial charge on any atom is 0.119 e. The number of hydrogen-bond donors (Lipinski definition) is 1. The number of rotatable bonds is 8. The molecule has 0 aliphatic rings. The molecule has 0 amide bonds. The SMILES string of the molecule is CCCNC(C)c1ccc(OCC(C)CC)cc1. The van der Waals surface area contributed by atoms with Gasteiger partial charge >= 0.3 is 0 Å². The van der Waals surface area contributed by atoms with Gasteiger partial charge in [-0.15, -0.1) is 0 Å². The molecule has 0 saturated carbocycles. The Kier molecular flexibility index (Phi) is 6.81. The Morgan fingerprint density at radius 1 is 1.11 bits per heavy atom. The molecule has 0 radical (unpaired) electrons. The third kappa shape index (κ3) is 5.09. The first-order valence-corrected chi connectivity index (χ1v) is 7.13. The molecule has 0 heterocycles. The van der Waals surface area contributed by atoms with E-state index in [4.69, 9.17) is 4.74 Å². The Labute approximate surface area is 112 Å². The van der Waals surface area contributed by atoms with Crippen LogP contribution in [0, 0.1) is 5.92 Å². The van der Waals surface area contributed by atoms with Gasteiger partial charge < -0.3 is 10.1 Å². The van der Waals surface area contributed by atoms with Gasteiger partial charge in [-0.05, 0) is 43.5 Å². The van der Waals surface area contributed by atoms with Crippen LogP contribution < -0.4 is 10.1 Å². The summed E-state index contributed by atoms with van der Waals surface area (Å²) in [5, 5.41) is 3.49. The van der Waals surface area contributed by atoms with Crippen molar-refractivity contribution in [3.8, 4) is 5.75 Å². The molecule has 1 N–H and O–H groups in total. The van der Waals surface area contributed by atoms with Gasteiger partial charge in [-0.2, -0.15) is 0 Å². The van der Waals surface area contributed by atoms with Crippen LogP contribution in [-0.2, 0) is 0 Å². The molecule has 1 aromatic rings. The van der Waals surface area contributed by atoms with Gasteiger partial charge in [0.25, 0.3) is 0 Å². The molecule has 0 aromatic heterocycles. The Bertz CT molecular complexity index is 320. The highest BCUT2D eigenvalue weighted by Gasteiger charge is 2.05. The summed E-state index contributed by atoms with van der Waals surface area (Å²) in [5.74, 6) is 1.59. The van der Waals surface area contributed by atoms with Crippen molar-refractivity contribution in [2.24, 2.45) is 5.92 Å². The molecule has 0 aliphatic heterocycles. The summed E-state index contributed by atoms with van der Waals surface area (Å²) in [5.41, 5.74) is 1.32. The predicted octanol–water partition coefficient (Wildman–Crippen LogP) is 4.17. The van der Waals surface area contributed by atoms with Crippen molar-refractivity contribution >= 4 is 0 Å². The van der Waals surface area contributed by atoms with Crippen LogP contribution in [0.3, 0.4) is 0 Å². The fourth-order valence-electron chi connectivity index (χ4n) is 1.69. The number of nitrogens with one attached hydrogen (secondary N) is 1. The summed E-state index contributed by atoms with van der Waals surface area (Å²) < 4.78 is 5.75. The van der Waals surface area contributed by atoms with Crippen molar-refractivity contribution in [3.05, 3.63) is 29.8 Å². The predicted molar refractivity (Wildman–Crippen MR) is 78.1 cm³/mol. The highest BCUT2D eigenvalue weighted by Crippen LogP contribution is 2.18. The first kappa shape index (κ1) is 15.0. The molecule has 1 rings (SSSR count). The lowest BCUT2D eigenvalue weighted by molar-refractivity contribution is 0.256. The summed E-state index contributed by atoms with van der Waals surface area (Å²) in [6.45, 7) is 10.7. The smallest absolute Gasteiger partial charge is 0.119 e. The molecule has 0 fully saturated rings. The quantitative estimate of drug-likeness (QED) is 0.746. The lowest BCUT2D eigenvalue weighted by Crippen LogP contribution is -2.19. The fraction of sp³-hybridized carbons (Fsp3) is 0.625. The zero-order valence-electron chi connectivity index (χ0n) is 12.2. The van der Waals surface area contributed by atoms with Crippen molar-refractivity contribution < 1.29 is 4.74 Å². The molecule has 2 nitrogen and oxygen atoms in total. The summed E-state index contributed by atoms with van der Waals surface area (Å²) >= 11 is 0. The maximum absolute atomic E-state index is 5.75. The minimum Gasteiger partial charge on any atom is -0.493 e. The molecule has 0 aliphatic carbocycles. The van der Waals surface area contributed by atoms with Crippen molar-refractivity contribution in [1.82, 2.24) is 5.32 Å². The van der Waals surface area contributed by atoms with Gasteiger partial charge in [-0.1, -0.05) is 39.3 Å². The third-order valence-electron chi connectivity index (χ3n) is 3.31. The molecule has 0 bridgehead atoms. The molecule has 1 aromatic carbocycles. The molecule has 2 atom stereocenters. The largest absolute Gasteiger partial charge is 0.493 e. The first-order chi connectivity index (χ1) is 8.67. The van der Waals surface area contributed by atoms with Gasteiger partial charge in [0.2, 0.25) is 0 Å². The molecule has 2 heteroatoms. The summed E-state index contributed by atoms with van der Waals surface area (Å²) in [7, 11) is 0. The summed E-state index contributed by atoms with van der Waals surface area (Å²) in [6.07, 6.45) is 2.33. The van der Waals surface area contributed by atoms with Crippen LogP contribution in [0.15, 0.2) is 24.3 Å². The van der Waals surface area contributed by atoms with E-state index >= 15 is 0 Å². The van der Waals surface area contributed by atoms with Crippen LogP contribution in [-0.4, -0.2) is 13.2 Å². The standard InChI is InChI=1S/C16H27NO/c1-5-11-17-14(4)15-7-9-16(10-8-15)18-12-13(3)6-2/h7-10,13-14,17H,5-6,11-12H2,1-4H3. The van der Waals surface area contributed by atoms with Crippen molar-refractivity contribution in [2.45, 2.75) is 46.6 Å². The van der Waals surface area contributed by atoms with E-state index in [2.05, 4.69) is 57.3 Å². The average molecular weight is 249 g/mol. The first-order valence-electron chi connectivity index (χ1n) is 7.13. The topological polar surface area (TPSA) is 21.3 Å². The third-order valence-corrected chi connectivity index (χ3v) is 3.31. The number of benzene rings is 1. The monoisotopic (exact) mass is 249 g/mol. The van der Waals surface area contributed by atoms with Crippen LogP contribution in [0.25, 0.3) is 0 Å². The fourth-order valence-corrected chi connectivity index (χ4v) is 1.69. The van der Waals surface area contributed by atoms with Crippen molar-refractivity contribution in [2.75, 3.05) is 13.2 Å². The second-order valence-electron chi connectivity index (χ2n) is 5.07. The van der Waals surface area contributed by atoms with E-state index < -0.39 is 0 Å². The second kappa shape index (κ2) is 8.15. The van der Waals surface area contributed by atoms with Gasteiger partial charge in [0, 0.05) is 6.04 Å². The Morgan fingerprint density at radius 3 is 2.33 bits per heavy atom. The Balaban J connectivity index is 2.46. The Morgan fingerprint density at radius 2 is 1.78 bits per heavy atom. The van der Waals surface area contributed by atoms with E-state index in [1.165, 1.54) is 12.0 Å². The van der Waals surface area contributed by atoms with E-state index in [1.54, 1.807) is 0 Å². The van der Waals surface area contributed by atoms with Gasteiger partial charge in [0.15, 0.2) is 0 Å². The van der Waals surface area contributed by atoms with Crippen LogP contribution in [0.4, 0.5) is 0 Å². The van der Waals surface area contributed by atoms with E-state index in [9.17, 15) is 0 Å². The van der Waals surface area contributed by atoms with Crippen LogP contribution >= 0.6 is 0 Å². The van der Waals surface area contributed by atoms with E-state index in [0.717, 1.165) is 25.3 Å². The normalized spacial score (nSPS) is 14.2. The minimum absolute atomic E-state index is 0.411. The lowest BCUT2D eigenvalue weighted by Gasteiger charge is -2.15. The highest BCUT2D eigenvalue weighted by molar-refractivity contribution is 5.28. The van der Waals surface area contributed by atoms with Gasteiger partial charge in [0.05, 0.1) is 6.61 Å². The molecule has 0 saturated heterocycles. The van der Waals surface area contributed by atoms with Crippen LogP contribution in [0.2, 0.25) is 0 Å². The Hall–Kier alpha value is -1.02. The van der Waals surface area contributed by atoms with Gasteiger partial charge in [0.1, 0.15) is 5.75 Å². The average Bonchev–Trinajstić information content (AvgIpc) is 2.42. The van der Waals surface area contributed by atoms with Crippen molar-refractivity contribution in [3.63, 3.8) is 0 Å². The molecule has 0 spiro atoms. The number of ether oxygens (including phenoxy) is 1. The van der Waals surface area contributed by atoms with E-state index in [1.807, 2.05) is 0 Å². The zero-order chi connectivity index (χ0) is 13.4. The molecular formula is C16H27NO. The summed E-state index contributed by atoms with van der Waals surface area (Å²) in [4.78, 5) is 0. The van der Waals surface area contributed by atoms with Crippen LogP contribution in [0.1, 0.15) is 52.1 Å². The van der Waals surface area contributed by atoms with Gasteiger partial charge in [-0.25, -0.2) is 0 Å². The van der Waals surface area contributed by atoms with Crippen molar-refractivity contribution in [1.29, 1.82) is 0 Å². The van der Waals surface area contributed by atoms with E-state index in [0.29, 0.717) is 12.0 Å².